The molecule has 0 aliphatic carbocycles. The molecule has 0 aromatic heterocycles. The molecule has 7 nitrogen and oxygen atoms in total. The number of hydrogen-bond donors (Lipinski definition) is 2. The lowest BCUT2D eigenvalue weighted by Gasteiger charge is -2.32. The maximum absolute atomic E-state index is 12.6. The van der Waals surface area contributed by atoms with E-state index in [1.807, 2.05) is 52.8 Å². The van der Waals surface area contributed by atoms with E-state index >= 15 is 0 Å². The van der Waals surface area contributed by atoms with Crippen molar-refractivity contribution in [1.82, 2.24) is 5.32 Å². The van der Waals surface area contributed by atoms with Crippen molar-refractivity contribution in [1.29, 1.82) is 0 Å². The highest BCUT2D eigenvalue weighted by molar-refractivity contribution is 7.92. The first-order chi connectivity index (χ1) is 17.4. The summed E-state index contributed by atoms with van der Waals surface area (Å²) in [6.45, 7) is 10.5. The van der Waals surface area contributed by atoms with Crippen molar-refractivity contribution in [2.45, 2.75) is 63.7 Å². The number of hydrogen-bond acceptors (Lipinski definition) is 5. The summed E-state index contributed by atoms with van der Waals surface area (Å²) in [7, 11) is -4.08. The molecule has 3 aromatic carbocycles. The van der Waals surface area contributed by atoms with Crippen molar-refractivity contribution >= 4 is 34.2 Å². The van der Waals surface area contributed by atoms with Gasteiger partial charge in [0.1, 0.15) is 0 Å². The van der Waals surface area contributed by atoms with Crippen molar-refractivity contribution < 1.29 is 22.5 Å². The van der Waals surface area contributed by atoms with E-state index in [2.05, 4.69) is 10.0 Å². The molecule has 0 radical (unpaired) electrons. The first-order valence-corrected chi connectivity index (χ1v) is 13.7. The van der Waals surface area contributed by atoms with Crippen LogP contribution in [-0.2, 0) is 37.1 Å². The fraction of sp³-hybridized carbons (Fsp3) is 0.321. The summed E-state index contributed by atoms with van der Waals surface area (Å²) in [4.78, 5) is 12.7. The molecule has 1 aliphatic heterocycles. The number of aryl methyl sites for hydroxylation is 1. The van der Waals surface area contributed by atoms with Gasteiger partial charge in [0, 0.05) is 12.2 Å². The van der Waals surface area contributed by atoms with Gasteiger partial charge < -0.3 is 14.6 Å². The van der Waals surface area contributed by atoms with Crippen LogP contribution < -0.4 is 15.5 Å². The Kier molecular flexibility index (Phi) is 7.51. The summed E-state index contributed by atoms with van der Waals surface area (Å²) in [6, 6.07) is 21.0. The zero-order chi connectivity index (χ0) is 26.8. The third kappa shape index (κ3) is 6.23. The maximum atomic E-state index is 12.6. The van der Waals surface area contributed by atoms with Crippen LogP contribution in [0.15, 0.2) is 77.7 Å². The molecular weight excluding hydrogens is 487 g/mol. The van der Waals surface area contributed by atoms with Crippen molar-refractivity contribution in [3.8, 4) is 0 Å². The van der Waals surface area contributed by atoms with Gasteiger partial charge in [-0.1, -0.05) is 48.5 Å². The van der Waals surface area contributed by atoms with Gasteiger partial charge in [-0.05, 0) is 81.0 Å². The third-order valence-corrected chi connectivity index (χ3v) is 8.39. The van der Waals surface area contributed by atoms with E-state index in [9.17, 15) is 13.2 Å². The molecule has 37 heavy (non-hydrogen) atoms. The Morgan fingerprint density at radius 1 is 0.892 bits per heavy atom. The second-order valence-electron chi connectivity index (χ2n) is 10.3. The lowest BCUT2D eigenvalue weighted by Crippen LogP contribution is -2.41. The summed E-state index contributed by atoms with van der Waals surface area (Å²) < 4.78 is 39.8. The van der Waals surface area contributed by atoms with Crippen molar-refractivity contribution in [2.24, 2.45) is 0 Å². The molecule has 194 valence electrons. The van der Waals surface area contributed by atoms with Crippen LogP contribution in [0.3, 0.4) is 0 Å². The first kappa shape index (κ1) is 26.9. The Labute approximate surface area is 219 Å². The molecule has 1 amide bonds. The lowest BCUT2D eigenvalue weighted by molar-refractivity contribution is -0.120. The Balaban J connectivity index is 1.31. The van der Waals surface area contributed by atoms with Gasteiger partial charge in [0.05, 0.1) is 22.5 Å². The van der Waals surface area contributed by atoms with Crippen molar-refractivity contribution in [3.63, 3.8) is 0 Å². The minimum Gasteiger partial charge on any atom is -0.399 e. The average molecular weight is 520 g/mol. The number of amides is 1. The fourth-order valence-corrected chi connectivity index (χ4v) is 5.07. The average Bonchev–Trinajstić information content (AvgIpc) is 3.06. The molecule has 0 atom stereocenters. The van der Waals surface area contributed by atoms with Crippen LogP contribution in [-0.4, -0.2) is 32.6 Å². The molecule has 2 N–H and O–H groups in total. The maximum Gasteiger partial charge on any atom is 0.494 e. The molecule has 0 saturated carbocycles. The van der Waals surface area contributed by atoms with Gasteiger partial charge in [0.2, 0.25) is 5.91 Å². The highest BCUT2D eigenvalue weighted by atomic mass is 32.2. The Hall–Kier alpha value is -3.14. The van der Waals surface area contributed by atoms with E-state index in [0.717, 1.165) is 22.2 Å². The highest BCUT2D eigenvalue weighted by Gasteiger charge is 2.51. The highest BCUT2D eigenvalue weighted by Crippen LogP contribution is 2.36. The van der Waals surface area contributed by atoms with Crippen LogP contribution in [0.1, 0.15) is 44.4 Å². The Bertz CT molecular complexity index is 1360. The van der Waals surface area contributed by atoms with E-state index in [-0.39, 0.29) is 17.2 Å². The molecule has 9 heteroatoms. The van der Waals surface area contributed by atoms with Gasteiger partial charge in [0.25, 0.3) is 10.0 Å². The molecule has 1 fully saturated rings. The molecule has 4 rings (SSSR count). The Morgan fingerprint density at radius 2 is 1.51 bits per heavy atom. The SMILES string of the molecule is Cc1cc(B2OC(C)(C)C(C)(C)O2)ccc1CNC(=O)Cc1ccc(NS(=O)(=O)c2ccccc2)cc1. The van der Waals surface area contributed by atoms with Gasteiger partial charge in [-0.15, -0.1) is 0 Å². The van der Waals surface area contributed by atoms with Crippen LogP contribution in [0.2, 0.25) is 0 Å². The van der Waals surface area contributed by atoms with Gasteiger partial charge >= 0.3 is 7.12 Å². The largest absolute Gasteiger partial charge is 0.494 e. The van der Waals surface area contributed by atoms with Crippen LogP contribution in [0.4, 0.5) is 5.69 Å². The van der Waals surface area contributed by atoms with Gasteiger partial charge in [-0.3, -0.25) is 9.52 Å². The number of nitrogens with one attached hydrogen (secondary N) is 2. The fourth-order valence-electron chi connectivity index (χ4n) is 3.99. The van der Waals surface area contributed by atoms with Crippen LogP contribution in [0, 0.1) is 6.92 Å². The van der Waals surface area contributed by atoms with Gasteiger partial charge in [-0.2, -0.15) is 0 Å². The third-order valence-electron chi connectivity index (χ3n) is 6.99. The predicted molar refractivity (Wildman–Crippen MR) is 146 cm³/mol. The molecule has 1 saturated heterocycles. The van der Waals surface area contributed by atoms with Crippen molar-refractivity contribution in [3.05, 3.63) is 89.5 Å². The summed E-state index contributed by atoms with van der Waals surface area (Å²) >= 11 is 0. The molecule has 0 spiro atoms. The van der Waals surface area contributed by atoms with Crippen LogP contribution >= 0.6 is 0 Å². The normalized spacial score (nSPS) is 16.4. The minimum absolute atomic E-state index is 0.118. The van der Waals surface area contributed by atoms with Crippen molar-refractivity contribution in [2.75, 3.05) is 4.72 Å². The summed E-state index contributed by atoms with van der Waals surface area (Å²) in [6.07, 6.45) is 0.191. The molecular formula is C28H33BN2O5S. The summed E-state index contributed by atoms with van der Waals surface area (Å²) in [5.41, 5.74) is 3.43. The molecule has 0 bridgehead atoms. The second kappa shape index (κ2) is 10.3. The zero-order valence-electron chi connectivity index (χ0n) is 21.9. The van der Waals surface area contributed by atoms with E-state index < -0.39 is 28.3 Å². The number of carbonyl (C=O) groups is 1. The number of sulfonamides is 1. The Morgan fingerprint density at radius 3 is 2.11 bits per heavy atom. The molecule has 0 unspecified atom stereocenters. The molecule has 3 aromatic rings. The number of rotatable bonds is 8. The summed E-state index contributed by atoms with van der Waals surface area (Å²) in [5, 5.41) is 2.96. The predicted octanol–water partition coefficient (Wildman–Crippen LogP) is 3.95. The summed E-state index contributed by atoms with van der Waals surface area (Å²) in [5.74, 6) is -0.118. The lowest BCUT2D eigenvalue weighted by atomic mass is 9.78. The van der Waals surface area contributed by atoms with E-state index in [1.165, 1.54) is 12.1 Å². The smallest absolute Gasteiger partial charge is 0.399 e. The van der Waals surface area contributed by atoms with E-state index in [4.69, 9.17) is 9.31 Å². The number of anilines is 1. The van der Waals surface area contributed by atoms with Gasteiger partial charge in [0.15, 0.2) is 0 Å². The number of benzene rings is 3. The van der Waals surface area contributed by atoms with E-state index in [1.54, 1.807) is 42.5 Å². The standard InChI is InChI=1S/C28H33BN2O5S/c1-20-17-23(29-35-27(2,3)28(4,5)36-29)14-13-22(20)19-30-26(32)18-21-11-15-24(16-12-21)31-37(33,34)25-9-7-6-8-10-25/h6-17,31H,18-19H2,1-5H3,(H,30,32). The van der Waals surface area contributed by atoms with Crippen LogP contribution in [0.5, 0.6) is 0 Å². The van der Waals surface area contributed by atoms with Gasteiger partial charge in [-0.25, -0.2) is 8.42 Å². The topological polar surface area (TPSA) is 93.7 Å². The van der Waals surface area contributed by atoms with E-state index in [0.29, 0.717) is 12.2 Å². The first-order valence-electron chi connectivity index (χ1n) is 12.2. The number of carbonyl (C=O) groups excluding carboxylic acids is 1. The zero-order valence-corrected chi connectivity index (χ0v) is 22.7. The molecule has 1 heterocycles. The second-order valence-corrected chi connectivity index (χ2v) is 12.0. The minimum atomic E-state index is -3.66. The van der Waals surface area contributed by atoms with Crippen LogP contribution in [0.25, 0.3) is 0 Å². The monoisotopic (exact) mass is 520 g/mol. The quantitative estimate of drug-likeness (QED) is 0.439. The molecule has 1 aliphatic rings.